The zero-order chi connectivity index (χ0) is 21.9. The summed E-state index contributed by atoms with van der Waals surface area (Å²) >= 11 is 0. The normalized spacial score (nSPS) is 18.8. The number of piperidine rings is 1. The van der Waals surface area contributed by atoms with Crippen LogP contribution in [0.5, 0.6) is 0 Å². The molecule has 1 aliphatic heterocycles. The van der Waals surface area contributed by atoms with Crippen LogP contribution in [0, 0.1) is 0 Å². The summed E-state index contributed by atoms with van der Waals surface area (Å²) in [6.45, 7) is -0.644. The quantitative estimate of drug-likeness (QED) is 0.188. The van der Waals surface area contributed by atoms with Gasteiger partial charge in [-0.2, -0.15) is 0 Å². The molecule has 0 bridgehead atoms. The van der Waals surface area contributed by atoms with Gasteiger partial charge in [0.15, 0.2) is 0 Å². The van der Waals surface area contributed by atoms with Gasteiger partial charge in [-0.15, -0.1) is 0 Å². The van der Waals surface area contributed by atoms with Gasteiger partial charge in [0, 0.05) is 19.6 Å². The van der Waals surface area contributed by atoms with Gasteiger partial charge in [0.05, 0.1) is 23.5 Å². The van der Waals surface area contributed by atoms with Gasteiger partial charge in [-0.05, 0) is 12.0 Å². The molecule has 0 amide bonds. The molecule has 35 heavy (non-hydrogen) atoms. The van der Waals surface area contributed by atoms with Gasteiger partial charge in [-0.25, -0.2) is 0 Å². The van der Waals surface area contributed by atoms with Gasteiger partial charge in [-0.3, -0.25) is 4.90 Å². The van der Waals surface area contributed by atoms with E-state index in [1.165, 1.54) is 4.90 Å². The molecule has 1 aliphatic rings. The molecule has 0 radical (unpaired) electrons. The maximum Gasteiger partial charge on any atom is 1.00 e. The number of nitrogens with zero attached hydrogens (tertiary/aromatic N) is 1. The minimum atomic E-state index is -5.79. The first-order chi connectivity index (χ1) is 13.2. The van der Waals surface area contributed by atoms with Crippen molar-refractivity contribution in [3.63, 3.8) is 0 Å². The maximum absolute atomic E-state index is 11.0. The molecular weight excluding hydrogens is 593 g/mol. The van der Waals surface area contributed by atoms with Crippen molar-refractivity contribution in [3.05, 3.63) is 35.9 Å². The van der Waals surface area contributed by atoms with Crippen molar-refractivity contribution in [2.24, 2.45) is 0 Å². The zero-order valence-corrected chi connectivity index (χ0v) is 35.3. The SMILES string of the molecule is O=P([O-])([O-])OC1[C@H](OP(=O)([O-])[O-])CN(CCc2ccccc2)C[C@H]1OP(=O)([O-])[O-].[Na+].[Na+].[Na+].[Na+].[Na+].[Na+]. The van der Waals surface area contributed by atoms with Crippen LogP contribution < -0.4 is 207 Å². The predicted octanol–water partition coefficient (Wildman–Crippen LogP) is -21.8. The van der Waals surface area contributed by atoms with Crippen LogP contribution in [0.2, 0.25) is 0 Å². The van der Waals surface area contributed by atoms with Gasteiger partial charge in [0.1, 0.15) is 18.3 Å². The summed E-state index contributed by atoms with van der Waals surface area (Å²) in [4.78, 5) is 67.4. The molecule has 0 N–H and O–H groups in total. The summed E-state index contributed by atoms with van der Waals surface area (Å²) < 4.78 is 45.7. The van der Waals surface area contributed by atoms with E-state index >= 15 is 0 Å². The minimum absolute atomic E-state index is 0. The Balaban J connectivity index is -0.000000500. The van der Waals surface area contributed by atoms with E-state index in [9.17, 15) is 43.1 Å². The zero-order valence-electron chi connectivity index (χ0n) is 20.6. The van der Waals surface area contributed by atoms with E-state index in [0.29, 0.717) is 6.42 Å². The molecule has 1 aromatic rings. The van der Waals surface area contributed by atoms with Crippen molar-refractivity contribution in [3.8, 4) is 0 Å². The molecule has 2 rings (SSSR count). The minimum Gasteiger partial charge on any atom is -0.790 e. The molecule has 166 valence electrons. The molecule has 1 heterocycles. The second-order valence-corrected chi connectivity index (χ2v) is 9.51. The van der Waals surface area contributed by atoms with Gasteiger partial charge < -0.3 is 56.6 Å². The smallest absolute Gasteiger partial charge is 0.790 e. The van der Waals surface area contributed by atoms with Gasteiger partial charge >= 0.3 is 177 Å². The third-order valence-electron chi connectivity index (χ3n) is 3.95. The van der Waals surface area contributed by atoms with Crippen molar-refractivity contribution in [1.82, 2.24) is 4.90 Å². The number of hydrogen-bond acceptors (Lipinski definition) is 13. The van der Waals surface area contributed by atoms with Crippen LogP contribution in [-0.4, -0.2) is 42.8 Å². The van der Waals surface area contributed by atoms with Crippen LogP contribution in [0.4, 0.5) is 0 Å². The molecule has 0 unspecified atom stereocenters. The number of rotatable bonds is 9. The van der Waals surface area contributed by atoms with Crippen molar-refractivity contribution < 1.29 is 234 Å². The molecule has 0 aromatic heterocycles. The monoisotopic (exact) mass is 609 g/mol. The summed E-state index contributed by atoms with van der Waals surface area (Å²) in [5.74, 6) is 0. The largest absolute Gasteiger partial charge is 1.00 e. The van der Waals surface area contributed by atoms with Crippen LogP contribution in [-0.2, 0) is 33.7 Å². The van der Waals surface area contributed by atoms with E-state index in [0.717, 1.165) is 5.56 Å². The first-order valence-corrected chi connectivity index (χ1v) is 12.5. The average molecular weight is 609 g/mol. The Hall–Kier alpha value is 5.51. The van der Waals surface area contributed by atoms with Gasteiger partial charge in [-0.1, -0.05) is 30.3 Å². The Labute approximate surface area is 336 Å². The Morgan fingerprint density at radius 1 is 0.686 bits per heavy atom. The fourth-order valence-corrected chi connectivity index (χ4v) is 4.55. The third-order valence-corrected chi connectivity index (χ3v) is 5.51. The molecule has 0 spiro atoms. The van der Waals surface area contributed by atoms with E-state index in [2.05, 4.69) is 13.6 Å². The van der Waals surface area contributed by atoms with Gasteiger partial charge in [0.25, 0.3) is 0 Å². The van der Waals surface area contributed by atoms with Crippen molar-refractivity contribution in [2.75, 3.05) is 19.6 Å². The number of benzene rings is 1. The molecule has 1 fully saturated rings. The number of phosphoric acid groups is 3. The summed E-state index contributed by atoms with van der Waals surface area (Å²) in [7, 11) is -17.2. The van der Waals surface area contributed by atoms with Crippen LogP contribution in [0.25, 0.3) is 0 Å². The molecule has 22 heteroatoms. The Morgan fingerprint density at radius 2 is 1.06 bits per heavy atom. The molecule has 0 saturated carbocycles. The summed E-state index contributed by atoms with van der Waals surface area (Å²) in [6, 6.07) is 8.89. The molecule has 1 saturated heterocycles. The summed E-state index contributed by atoms with van der Waals surface area (Å²) in [5, 5.41) is 0. The predicted molar refractivity (Wildman–Crippen MR) is 84.0 cm³/mol. The first-order valence-electron chi connectivity index (χ1n) is 8.09. The van der Waals surface area contributed by atoms with Gasteiger partial charge in [0.2, 0.25) is 0 Å². The number of likely N-dealkylation sites (tertiary alicyclic amines) is 1. The first kappa shape index (κ1) is 50.2. The van der Waals surface area contributed by atoms with E-state index in [1.807, 2.05) is 0 Å². The molecule has 2 atom stereocenters. The maximum atomic E-state index is 11.0. The van der Waals surface area contributed by atoms with E-state index in [-0.39, 0.29) is 184 Å². The van der Waals surface area contributed by atoms with Crippen LogP contribution >= 0.6 is 23.5 Å². The second-order valence-electron chi connectivity index (χ2n) is 6.19. The fourth-order valence-electron chi connectivity index (χ4n) is 2.95. The van der Waals surface area contributed by atoms with Crippen molar-refractivity contribution >= 4 is 23.5 Å². The van der Waals surface area contributed by atoms with Crippen molar-refractivity contribution in [1.29, 1.82) is 0 Å². The Bertz CT molecular complexity index is 794. The fraction of sp³-hybridized carbons (Fsp3) is 0.538. The van der Waals surface area contributed by atoms with Crippen LogP contribution in [0.1, 0.15) is 5.56 Å². The van der Waals surface area contributed by atoms with Crippen LogP contribution in [0.3, 0.4) is 0 Å². The standard InChI is InChI=1S/C13H22NO12P3.6Na/c15-27(16,17)24-11-8-14(7-6-10-4-2-1-3-5-10)9-12(25-28(18,19)20)13(11)26-29(21,22)23;;;;;;/h1-5,11-13H,6-9H2,(H2,15,16,17)(H2,18,19,20)(H2,21,22,23);;;;;;/q;6*+1/p-6/t11-,12-;;;;;;/m1....../s1. The topological polar surface area (TPSA) is 220 Å². The van der Waals surface area contributed by atoms with E-state index < -0.39 is 54.9 Å². The summed E-state index contributed by atoms with van der Waals surface area (Å²) in [5.41, 5.74) is 0.862. The molecule has 1 aromatic carbocycles. The number of hydrogen-bond donors (Lipinski definition) is 0. The Morgan fingerprint density at radius 3 is 1.40 bits per heavy atom. The average Bonchev–Trinajstić information content (AvgIpc) is 2.53. The second kappa shape index (κ2) is 23.0. The molecule has 13 nitrogen and oxygen atoms in total. The van der Waals surface area contributed by atoms with Crippen molar-refractivity contribution in [2.45, 2.75) is 24.7 Å². The van der Waals surface area contributed by atoms with E-state index in [4.69, 9.17) is 0 Å². The van der Waals surface area contributed by atoms with E-state index in [1.54, 1.807) is 30.3 Å². The van der Waals surface area contributed by atoms with Crippen LogP contribution in [0.15, 0.2) is 30.3 Å². The molecular formula is C13H16NNa6O12P3. The Kier molecular flexibility index (Phi) is 32.9. The number of phosphoric ester groups is 3. The third kappa shape index (κ3) is 22.7. The molecule has 0 aliphatic carbocycles. The summed E-state index contributed by atoms with van der Waals surface area (Å²) in [6.07, 6.45) is -5.52.